The van der Waals surface area contributed by atoms with Crippen molar-refractivity contribution in [1.29, 1.82) is 0 Å². The Morgan fingerprint density at radius 2 is 1.71 bits per heavy atom. The van der Waals surface area contributed by atoms with Gasteiger partial charge in [0.25, 0.3) is 0 Å². The molecule has 1 heterocycles. The molecule has 0 aliphatic heterocycles. The number of hydrogen-bond donors (Lipinski definition) is 1. The second-order valence-corrected chi connectivity index (χ2v) is 5.17. The molecular weight excluding hydrogens is 309 g/mol. The number of rotatable bonds is 4. The maximum absolute atomic E-state index is 6.14. The molecule has 0 fully saturated rings. The van der Waals surface area contributed by atoms with E-state index >= 15 is 0 Å². The third kappa shape index (κ3) is 3.15. The molecule has 106 valence electrons. The first-order valence-electron chi connectivity index (χ1n) is 6.24. The first-order valence-corrected chi connectivity index (χ1v) is 7.00. The van der Waals surface area contributed by atoms with Crippen LogP contribution in [0.5, 0.6) is 0 Å². The van der Waals surface area contributed by atoms with Crippen LogP contribution in [-0.4, -0.2) is 20.2 Å². The van der Waals surface area contributed by atoms with Crippen LogP contribution in [0.1, 0.15) is 5.56 Å². The fourth-order valence-electron chi connectivity index (χ4n) is 1.90. The predicted octanol–water partition coefficient (Wildman–Crippen LogP) is 3.58. The lowest BCUT2D eigenvalue weighted by Crippen LogP contribution is -2.01. The van der Waals surface area contributed by atoms with E-state index in [-0.39, 0.29) is 0 Å². The highest BCUT2D eigenvalue weighted by Crippen LogP contribution is 2.25. The summed E-state index contributed by atoms with van der Waals surface area (Å²) in [6.45, 7) is 0.558. The Morgan fingerprint density at radius 3 is 2.33 bits per heavy atom. The average Bonchev–Trinajstić information content (AvgIpc) is 3.02. The van der Waals surface area contributed by atoms with Crippen molar-refractivity contribution in [2.45, 2.75) is 6.54 Å². The molecule has 21 heavy (non-hydrogen) atoms. The Balaban J connectivity index is 1.71. The number of hydrogen-bond acceptors (Lipinski definition) is 4. The molecule has 2 aromatic carbocycles. The van der Waals surface area contributed by atoms with Crippen molar-refractivity contribution < 1.29 is 0 Å². The van der Waals surface area contributed by atoms with Crippen LogP contribution in [-0.2, 0) is 6.54 Å². The van der Waals surface area contributed by atoms with Crippen LogP contribution in [0.3, 0.4) is 0 Å². The minimum Gasteiger partial charge on any atom is -0.381 e. The third-order valence-electron chi connectivity index (χ3n) is 3.01. The topological polar surface area (TPSA) is 55.6 Å². The van der Waals surface area contributed by atoms with Gasteiger partial charge >= 0.3 is 0 Å². The summed E-state index contributed by atoms with van der Waals surface area (Å²) in [6, 6.07) is 13.2. The van der Waals surface area contributed by atoms with Crippen molar-refractivity contribution in [3.8, 4) is 5.69 Å². The summed E-state index contributed by atoms with van der Waals surface area (Å²) >= 11 is 12.3. The summed E-state index contributed by atoms with van der Waals surface area (Å²) in [5.74, 6) is 0. The van der Waals surface area contributed by atoms with Gasteiger partial charge in [0.15, 0.2) is 0 Å². The molecule has 1 N–H and O–H groups in total. The molecule has 0 atom stereocenters. The summed E-state index contributed by atoms with van der Waals surface area (Å²) in [5.41, 5.74) is 2.73. The molecule has 1 aromatic heterocycles. The summed E-state index contributed by atoms with van der Waals surface area (Å²) in [7, 11) is 0. The molecule has 0 unspecified atom stereocenters. The van der Waals surface area contributed by atoms with Crippen molar-refractivity contribution in [2.24, 2.45) is 0 Å². The lowest BCUT2D eigenvalue weighted by Gasteiger charge is -2.10. The van der Waals surface area contributed by atoms with E-state index in [1.54, 1.807) is 11.0 Å². The smallest absolute Gasteiger partial charge is 0.143 e. The maximum Gasteiger partial charge on any atom is 0.143 e. The number of aromatic nitrogens is 4. The SMILES string of the molecule is Clc1cccc(Cl)c1CNc1ccc(-n2cnnn2)cc1. The van der Waals surface area contributed by atoms with Gasteiger partial charge in [0, 0.05) is 27.8 Å². The second kappa shape index (κ2) is 6.11. The van der Waals surface area contributed by atoms with E-state index in [2.05, 4.69) is 20.8 Å². The summed E-state index contributed by atoms with van der Waals surface area (Å²) in [4.78, 5) is 0. The number of benzene rings is 2. The van der Waals surface area contributed by atoms with Crippen LogP contribution in [0, 0.1) is 0 Å². The van der Waals surface area contributed by atoms with Crippen LogP contribution in [0.15, 0.2) is 48.8 Å². The van der Waals surface area contributed by atoms with Gasteiger partial charge in [0.05, 0.1) is 5.69 Å². The minimum atomic E-state index is 0.558. The second-order valence-electron chi connectivity index (χ2n) is 4.36. The molecule has 3 rings (SSSR count). The lowest BCUT2D eigenvalue weighted by molar-refractivity contribution is 0.789. The summed E-state index contributed by atoms with van der Waals surface area (Å²) < 4.78 is 1.59. The van der Waals surface area contributed by atoms with Crippen molar-refractivity contribution in [1.82, 2.24) is 20.2 Å². The molecule has 0 radical (unpaired) electrons. The largest absolute Gasteiger partial charge is 0.381 e. The molecule has 5 nitrogen and oxygen atoms in total. The molecule has 0 amide bonds. The molecule has 0 aliphatic rings. The zero-order valence-electron chi connectivity index (χ0n) is 10.9. The van der Waals surface area contributed by atoms with Crippen LogP contribution in [0.2, 0.25) is 10.0 Å². The van der Waals surface area contributed by atoms with E-state index in [4.69, 9.17) is 23.2 Å². The standard InChI is InChI=1S/C14H11Cl2N5/c15-13-2-1-3-14(16)12(13)8-17-10-4-6-11(7-5-10)21-9-18-19-20-21/h1-7,9,17H,8H2. The Hall–Kier alpha value is -2.11. The number of nitrogens with one attached hydrogen (secondary N) is 1. The van der Waals surface area contributed by atoms with E-state index < -0.39 is 0 Å². The fourth-order valence-corrected chi connectivity index (χ4v) is 2.43. The highest BCUT2D eigenvalue weighted by atomic mass is 35.5. The third-order valence-corrected chi connectivity index (χ3v) is 3.72. The normalized spacial score (nSPS) is 10.6. The van der Waals surface area contributed by atoms with E-state index in [0.29, 0.717) is 16.6 Å². The van der Waals surface area contributed by atoms with E-state index in [0.717, 1.165) is 16.9 Å². The number of halogens is 2. The van der Waals surface area contributed by atoms with Crippen molar-refractivity contribution in [3.63, 3.8) is 0 Å². The van der Waals surface area contributed by atoms with Gasteiger partial charge in [-0.15, -0.1) is 5.10 Å². The van der Waals surface area contributed by atoms with E-state index in [1.807, 2.05) is 42.5 Å². The Labute approximate surface area is 131 Å². The molecule has 0 bridgehead atoms. The van der Waals surface area contributed by atoms with Crippen molar-refractivity contribution in [2.75, 3.05) is 5.32 Å². The van der Waals surface area contributed by atoms with Gasteiger partial charge in [-0.2, -0.15) is 0 Å². The quantitative estimate of drug-likeness (QED) is 0.798. The zero-order valence-corrected chi connectivity index (χ0v) is 12.4. The predicted molar refractivity (Wildman–Crippen MR) is 82.9 cm³/mol. The van der Waals surface area contributed by atoms with Crippen molar-refractivity contribution in [3.05, 3.63) is 64.4 Å². The molecule has 0 saturated heterocycles. The molecule has 3 aromatic rings. The van der Waals surface area contributed by atoms with Crippen LogP contribution >= 0.6 is 23.2 Å². The molecule has 0 spiro atoms. The fraction of sp³-hybridized carbons (Fsp3) is 0.0714. The van der Waals surface area contributed by atoms with E-state index in [1.165, 1.54) is 0 Å². The first-order chi connectivity index (χ1) is 10.2. The summed E-state index contributed by atoms with van der Waals surface area (Å²) in [5, 5.41) is 15.6. The summed E-state index contributed by atoms with van der Waals surface area (Å²) in [6.07, 6.45) is 1.55. The number of nitrogens with zero attached hydrogens (tertiary/aromatic N) is 4. The van der Waals surface area contributed by atoms with Gasteiger partial charge < -0.3 is 5.32 Å². The monoisotopic (exact) mass is 319 g/mol. The number of tetrazole rings is 1. The lowest BCUT2D eigenvalue weighted by atomic mass is 10.2. The molecule has 0 saturated carbocycles. The van der Waals surface area contributed by atoms with Crippen LogP contribution in [0.25, 0.3) is 5.69 Å². The van der Waals surface area contributed by atoms with E-state index in [9.17, 15) is 0 Å². The first kappa shape index (κ1) is 13.9. The Kier molecular flexibility index (Phi) is 4.03. The van der Waals surface area contributed by atoms with Crippen molar-refractivity contribution >= 4 is 28.9 Å². The van der Waals surface area contributed by atoms with Gasteiger partial charge in [-0.3, -0.25) is 0 Å². The van der Waals surface area contributed by atoms with Crippen LogP contribution in [0.4, 0.5) is 5.69 Å². The Bertz CT molecular complexity index is 705. The average molecular weight is 320 g/mol. The van der Waals surface area contributed by atoms with Gasteiger partial charge in [0.2, 0.25) is 0 Å². The van der Waals surface area contributed by atoms with Gasteiger partial charge in [-0.25, -0.2) is 4.68 Å². The highest BCUT2D eigenvalue weighted by molar-refractivity contribution is 6.36. The maximum atomic E-state index is 6.14. The number of anilines is 1. The van der Waals surface area contributed by atoms with Gasteiger partial charge in [0.1, 0.15) is 6.33 Å². The highest BCUT2D eigenvalue weighted by Gasteiger charge is 2.05. The van der Waals surface area contributed by atoms with Gasteiger partial charge in [-0.05, 0) is 46.8 Å². The molecular formula is C14H11Cl2N5. The van der Waals surface area contributed by atoms with Crippen LogP contribution < -0.4 is 5.32 Å². The van der Waals surface area contributed by atoms with Gasteiger partial charge in [-0.1, -0.05) is 29.3 Å². The molecule has 7 heteroatoms. The Morgan fingerprint density at radius 1 is 1.00 bits per heavy atom. The zero-order chi connectivity index (χ0) is 14.7. The molecule has 0 aliphatic carbocycles. The minimum absolute atomic E-state index is 0.558.